The van der Waals surface area contributed by atoms with E-state index in [0.717, 1.165) is 53.4 Å². The van der Waals surface area contributed by atoms with Crippen molar-refractivity contribution in [2.75, 3.05) is 12.4 Å². The van der Waals surface area contributed by atoms with E-state index >= 15 is 0 Å². The van der Waals surface area contributed by atoms with Crippen molar-refractivity contribution < 1.29 is 9.84 Å². The van der Waals surface area contributed by atoms with E-state index in [1.807, 2.05) is 38.4 Å². The molecule has 0 atom stereocenters. The van der Waals surface area contributed by atoms with Crippen LogP contribution in [0.5, 0.6) is 5.88 Å². The maximum absolute atomic E-state index is 10.2. The molecule has 0 unspecified atom stereocenters. The maximum Gasteiger partial charge on any atom is 0.244 e. The second kappa shape index (κ2) is 6.94. The fraction of sp³-hybridized carbons (Fsp3) is 0.429. The predicted octanol–water partition coefficient (Wildman–Crippen LogP) is 2.79. The van der Waals surface area contributed by atoms with E-state index in [1.54, 1.807) is 16.3 Å². The van der Waals surface area contributed by atoms with Crippen molar-refractivity contribution in [1.82, 2.24) is 29.6 Å². The van der Waals surface area contributed by atoms with E-state index in [1.165, 1.54) is 0 Å². The molecule has 3 aromatic heterocycles. The average molecular weight is 407 g/mol. The van der Waals surface area contributed by atoms with Crippen LogP contribution in [0, 0.1) is 0 Å². The first kappa shape index (κ1) is 18.8. The summed E-state index contributed by atoms with van der Waals surface area (Å²) in [5.74, 6) is 1.04. The average Bonchev–Trinajstić information content (AvgIpc) is 3.32. The molecule has 9 nitrogen and oxygen atoms in total. The Morgan fingerprint density at radius 2 is 2.03 bits per heavy atom. The molecule has 1 aromatic carbocycles. The van der Waals surface area contributed by atoms with Gasteiger partial charge >= 0.3 is 0 Å². The molecule has 1 fully saturated rings. The lowest BCUT2D eigenvalue weighted by Crippen LogP contribution is -2.36. The zero-order valence-electron chi connectivity index (χ0n) is 17.3. The van der Waals surface area contributed by atoms with E-state index in [0.29, 0.717) is 11.8 Å². The lowest BCUT2D eigenvalue weighted by atomic mass is 9.84. The Morgan fingerprint density at radius 3 is 2.80 bits per heavy atom. The molecule has 0 aliphatic heterocycles. The molecule has 5 rings (SSSR count). The van der Waals surface area contributed by atoms with E-state index in [4.69, 9.17) is 4.74 Å². The van der Waals surface area contributed by atoms with Gasteiger partial charge in [0.25, 0.3) is 0 Å². The summed E-state index contributed by atoms with van der Waals surface area (Å²) in [4.78, 5) is 4.62. The number of nitrogens with one attached hydrogen (secondary N) is 1. The third kappa shape index (κ3) is 3.24. The summed E-state index contributed by atoms with van der Waals surface area (Å²) in [7, 11) is 3.50. The van der Waals surface area contributed by atoms with Gasteiger partial charge in [-0.25, -0.2) is 9.20 Å². The van der Waals surface area contributed by atoms with Gasteiger partial charge in [0.1, 0.15) is 11.0 Å². The third-order valence-corrected chi connectivity index (χ3v) is 5.99. The number of ether oxygens (including phenoxy) is 1. The van der Waals surface area contributed by atoms with Gasteiger partial charge in [-0.1, -0.05) is 11.3 Å². The lowest BCUT2D eigenvalue weighted by molar-refractivity contribution is 0.0195. The molecular weight excluding hydrogens is 382 g/mol. The molecule has 4 aromatic rings. The molecule has 30 heavy (non-hydrogen) atoms. The fourth-order valence-corrected chi connectivity index (χ4v) is 4.19. The Bertz CT molecular complexity index is 1220. The summed E-state index contributed by atoms with van der Waals surface area (Å²) in [5.41, 5.74) is 4.05. The van der Waals surface area contributed by atoms with Crippen LogP contribution in [0.4, 0.5) is 5.95 Å². The Hall–Kier alpha value is -3.20. The number of fused-ring (bicyclic) bond motifs is 2. The minimum Gasteiger partial charge on any atom is -0.479 e. The summed E-state index contributed by atoms with van der Waals surface area (Å²) >= 11 is 0. The molecule has 0 spiro atoms. The number of anilines is 1. The van der Waals surface area contributed by atoms with Crippen molar-refractivity contribution in [3.05, 3.63) is 30.5 Å². The molecule has 0 amide bonds. The van der Waals surface area contributed by atoms with Crippen LogP contribution in [0.15, 0.2) is 30.5 Å². The first-order valence-corrected chi connectivity index (χ1v) is 10.2. The quantitative estimate of drug-likeness (QED) is 0.536. The molecule has 1 saturated carbocycles. The van der Waals surface area contributed by atoms with E-state index in [-0.39, 0.29) is 6.04 Å². The van der Waals surface area contributed by atoms with Crippen molar-refractivity contribution >= 4 is 22.5 Å². The molecule has 1 aliphatic carbocycles. The van der Waals surface area contributed by atoms with Gasteiger partial charge in [-0.2, -0.15) is 4.98 Å². The number of rotatable bonds is 4. The molecule has 0 radical (unpaired) electrons. The standard InChI is InChI=1S/C21H25N7O2/c1-21(29)9-6-14(7-10-21)22-20-23-19(30-3)18-15(8-11-28(18)25-20)13-4-5-16-17(12-13)27(2)26-24-16/h4-5,8,11-12,14,29H,6-7,9-10H2,1-3H3,(H,22,25). The van der Waals surface area contributed by atoms with Crippen LogP contribution < -0.4 is 10.1 Å². The van der Waals surface area contributed by atoms with Crippen LogP contribution in [0.1, 0.15) is 32.6 Å². The number of aliphatic hydroxyl groups is 1. The lowest BCUT2D eigenvalue weighted by Gasteiger charge is -2.33. The highest BCUT2D eigenvalue weighted by Gasteiger charge is 2.29. The van der Waals surface area contributed by atoms with Crippen molar-refractivity contribution in [3.63, 3.8) is 0 Å². The second-order valence-corrected chi connectivity index (χ2v) is 8.30. The first-order valence-electron chi connectivity index (χ1n) is 10.2. The molecule has 156 valence electrons. The van der Waals surface area contributed by atoms with Gasteiger partial charge in [0, 0.05) is 24.8 Å². The summed E-state index contributed by atoms with van der Waals surface area (Å²) < 4.78 is 9.18. The summed E-state index contributed by atoms with van der Waals surface area (Å²) in [6, 6.07) is 8.29. The minimum atomic E-state index is -0.569. The van der Waals surface area contributed by atoms with E-state index in [2.05, 4.69) is 31.8 Å². The molecule has 1 aliphatic rings. The van der Waals surface area contributed by atoms with Gasteiger partial charge in [0.2, 0.25) is 11.8 Å². The Morgan fingerprint density at radius 1 is 1.23 bits per heavy atom. The highest BCUT2D eigenvalue weighted by Crippen LogP contribution is 2.33. The number of nitrogens with zero attached hydrogens (tertiary/aromatic N) is 6. The van der Waals surface area contributed by atoms with Gasteiger partial charge in [-0.3, -0.25) is 0 Å². The van der Waals surface area contributed by atoms with Crippen LogP contribution in [-0.4, -0.2) is 53.5 Å². The largest absolute Gasteiger partial charge is 0.479 e. The number of aromatic nitrogens is 6. The molecule has 2 N–H and O–H groups in total. The smallest absolute Gasteiger partial charge is 0.244 e. The maximum atomic E-state index is 10.2. The van der Waals surface area contributed by atoms with Crippen molar-refractivity contribution in [1.29, 1.82) is 0 Å². The van der Waals surface area contributed by atoms with Crippen LogP contribution in [0.3, 0.4) is 0 Å². The van der Waals surface area contributed by atoms with Gasteiger partial charge in [0.15, 0.2) is 0 Å². The summed E-state index contributed by atoms with van der Waals surface area (Å²) in [6.07, 6.45) is 5.21. The monoisotopic (exact) mass is 407 g/mol. The van der Waals surface area contributed by atoms with Crippen molar-refractivity contribution in [2.24, 2.45) is 7.05 Å². The van der Waals surface area contributed by atoms with Gasteiger partial charge < -0.3 is 15.2 Å². The zero-order chi connectivity index (χ0) is 20.9. The highest BCUT2D eigenvalue weighted by molar-refractivity contribution is 5.89. The number of hydrogen-bond donors (Lipinski definition) is 2. The van der Waals surface area contributed by atoms with Crippen molar-refractivity contribution in [3.8, 4) is 17.0 Å². The number of benzene rings is 1. The van der Waals surface area contributed by atoms with Crippen molar-refractivity contribution in [2.45, 2.75) is 44.2 Å². The molecule has 0 bridgehead atoms. The first-order chi connectivity index (χ1) is 14.4. The summed E-state index contributed by atoms with van der Waals surface area (Å²) in [6.45, 7) is 1.90. The van der Waals surface area contributed by atoms with E-state index in [9.17, 15) is 5.11 Å². The topological polar surface area (TPSA) is 102 Å². The van der Waals surface area contributed by atoms with Crippen LogP contribution in [0.2, 0.25) is 0 Å². The van der Waals surface area contributed by atoms with Crippen LogP contribution >= 0.6 is 0 Å². The zero-order valence-corrected chi connectivity index (χ0v) is 17.3. The normalized spacial score (nSPS) is 21.9. The van der Waals surface area contributed by atoms with E-state index < -0.39 is 5.60 Å². The van der Waals surface area contributed by atoms with Gasteiger partial charge in [-0.05, 0) is 56.4 Å². The Labute approximate surface area is 173 Å². The number of methoxy groups -OCH3 is 1. The number of aryl methyl sites for hydroxylation is 1. The molecule has 9 heteroatoms. The van der Waals surface area contributed by atoms with Gasteiger partial charge in [0.05, 0.1) is 18.2 Å². The molecule has 0 saturated heterocycles. The Balaban J connectivity index is 1.50. The van der Waals surface area contributed by atoms with Crippen LogP contribution in [-0.2, 0) is 7.05 Å². The molecule has 3 heterocycles. The molecular formula is C21H25N7O2. The number of hydrogen-bond acceptors (Lipinski definition) is 7. The SMILES string of the molecule is COc1nc(NC2CCC(C)(O)CC2)nn2ccc(-c3ccc4nnn(C)c4c3)c12. The minimum absolute atomic E-state index is 0.238. The fourth-order valence-electron chi connectivity index (χ4n) is 4.19. The third-order valence-electron chi connectivity index (χ3n) is 5.99. The van der Waals surface area contributed by atoms with Gasteiger partial charge in [-0.15, -0.1) is 10.2 Å². The predicted molar refractivity (Wildman–Crippen MR) is 114 cm³/mol. The summed E-state index contributed by atoms with van der Waals surface area (Å²) in [5, 5.41) is 26.5. The van der Waals surface area contributed by atoms with Crippen LogP contribution in [0.25, 0.3) is 27.7 Å². The Kier molecular flexibility index (Phi) is 4.35. The highest BCUT2D eigenvalue weighted by atomic mass is 16.5. The second-order valence-electron chi connectivity index (χ2n) is 8.30.